The molecule has 0 amide bonds. The van der Waals surface area contributed by atoms with E-state index < -0.39 is 6.36 Å². The van der Waals surface area contributed by atoms with Crippen molar-refractivity contribution >= 4 is 29.9 Å². The van der Waals surface area contributed by atoms with Gasteiger partial charge in [-0.15, -0.1) is 37.1 Å². The third kappa shape index (κ3) is 5.18. The average molecular weight is 499 g/mol. The number of aliphatic imine (C=N–C) groups is 1. The monoisotopic (exact) mass is 499 g/mol. The van der Waals surface area contributed by atoms with Crippen LogP contribution in [0.3, 0.4) is 0 Å². The summed E-state index contributed by atoms with van der Waals surface area (Å²) in [6.45, 7) is 3.02. The van der Waals surface area contributed by atoms with Crippen LogP contribution in [-0.4, -0.2) is 31.1 Å². The summed E-state index contributed by atoms with van der Waals surface area (Å²) < 4.78 is 46.1. The van der Waals surface area contributed by atoms with Crippen LogP contribution < -0.4 is 15.8 Å². The van der Waals surface area contributed by atoms with Crippen molar-refractivity contribution in [1.29, 1.82) is 0 Å². The molecular weight excluding hydrogens is 474 g/mol. The van der Waals surface area contributed by atoms with E-state index in [-0.39, 0.29) is 41.2 Å². The lowest BCUT2D eigenvalue weighted by Gasteiger charge is -2.61. The van der Waals surface area contributed by atoms with Crippen molar-refractivity contribution in [2.75, 3.05) is 6.61 Å². The number of benzene rings is 1. The summed E-state index contributed by atoms with van der Waals surface area (Å²) in [5.74, 6) is 0.103. The van der Waals surface area contributed by atoms with Gasteiger partial charge in [-0.25, -0.2) is 4.99 Å². The highest BCUT2D eigenvalue weighted by atomic mass is 127. The van der Waals surface area contributed by atoms with Crippen LogP contribution in [0.15, 0.2) is 29.3 Å². The van der Waals surface area contributed by atoms with Crippen LogP contribution in [0.5, 0.6) is 5.75 Å². The minimum atomic E-state index is -4.69. The smallest absolute Gasteiger partial charge is 0.406 e. The molecule has 9 heteroatoms. The first-order valence-electron chi connectivity index (χ1n) is 8.85. The normalized spacial score (nSPS) is 23.8. The third-order valence-corrected chi connectivity index (χ3v) is 5.35. The second kappa shape index (κ2) is 8.85. The van der Waals surface area contributed by atoms with E-state index in [1.807, 2.05) is 6.92 Å². The van der Waals surface area contributed by atoms with E-state index in [1.54, 1.807) is 12.1 Å². The van der Waals surface area contributed by atoms with Crippen molar-refractivity contribution in [2.24, 2.45) is 16.1 Å². The zero-order chi connectivity index (χ0) is 18.8. The SMILES string of the molecule is CCOC1CC(NC(N)=NCc2ccc(OC(F)(F)F)cc2)C12CCC2.I. The number of guanidine groups is 1. The number of hydrogen-bond donors (Lipinski definition) is 2. The zero-order valence-electron chi connectivity index (χ0n) is 15.1. The second-order valence-electron chi connectivity index (χ2n) is 6.86. The zero-order valence-corrected chi connectivity index (χ0v) is 17.4. The van der Waals surface area contributed by atoms with Crippen molar-refractivity contribution in [3.63, 3.8) is 0 Å². The number of hydrogen-bond acceptors (Lipinski definition) is 3. The summed E-state index contributed by atoms with van der Waals surface area (Å²) in [4.78, 5) is 4.29. The molecule has 1 spiro atoms. The number of nitrogens with zero attached hydrogens (tertiary/aromatic N) is 1. The van der Waals surface area contributed by atoms with Crippen molar-refractivity contribution in [1.82, 2.24) is 5.32 Å². The minimum Gasteiger partial charge on any atom is -0.406 e. The molecule has 2 atom stereocenters. The van der Waals surface area contributed by atoms with Gasteiger partial charge in [-0.3, -0.25) is 0 Å². The van der Waals surface area contributed by atoms with Gasteiger partial charge in [0.1, 0.15) is 5.75 Å². The van der Waals surface area contributed by atoms with E-state index in [1.165, 1.54) is 18.6 Å². The third-order valence-electron chi connectivity index (χ3n) is 5.35. The molecule has 0 bridgehead atoms. The van der Waals surface area contributed by atoms with Crippen LogP contribution in [-0.2, 0) is 11.3 Å². The van der Waals surface area contributed by atoms with E-state index in [0.29, 0.717) is 18.6 Å². The molecule has 2 aliphatic rings. The van der Waals surface area contributed by atoms with Gasteiger partial charge in [0, 0.05) is 18.1 Å². The second-order valence-corrected chi connectivity index (χ2v) is 6.86. The van der Waals surface area contributed by atoms with Gasteiger partial charge in [-0.2, -0.15) is 0 Å². The van der Waals surface area contributed by atoms with Crippen LogP contribution in [0.1, 0.15) is 38.2 Å². The number of rotatable bonds is 6. The Morgan fingerprint density at radius 2 is 1.96 bits per heavy atom. The van der Waals surface area contributed by atoms with Gasteiger partial charge in [0.05, 0.1) is 12.6 Å². The first-order chi connectivity index (χ1) is 12.3. The van der Waals surface area contributed by atoms with Gasteiger partial charge >= 0.3 is 6.36 Å². The topological polar surface area (TPSA) is 68.9 Å². The fraction of sp³-hybridized carbons (Fsp3) is 0.611. The maximum Gasteiger partial charge on any atom is 0.573 e. The molecule has 27 heavy (non-hydrogen) atoms. The molecule has 2 unspecified atom stereocenters. The quantitative estimate of drug-likeness (QED) is 0.354. The van der Waals surface area contributed by atoms with Crippen molar-refractivity contribution in [3.05, 3.63) is 29.8 Å². The molecule has 0 aromatic heterocycles. The summed E-state index contributed by atoms with van der Waals surface area (Å²) in [6, 6.07) is 5.90. The van der Waals surface area contributed by atoms with E-state index in [4.69, 9.17) is 10.5 Å². The molecule has 3 N–H and O–H groups in total. The molecule has 0 saturated heterocycles. The molecule has 5 nitrogen and oxygen atoms in total. The van der Waals surface area contributed by atoms with Crippen LogP contribution in [0.2, 0.25) is 0 Å². The Morgan fingerprint density at radius 1 is 1.30 bits per heavy atom. The summed E-state index contributed by atoms with van der Waals surface area (Å²) in [6.07, 6.45) is 0.0338. The van der Waals surface area contributed by atoms with Crippen LogP contribution in [0.4, 0.5) is 13.2 Å². The molecule has 1 aromatic carbocycles. The Kier molecular flexibility index (Phi) is 7.23. The van der Waals surface area contributed by atoms with Crippen molar-refractivity contribution in [3.8, 4) is 5.75 Å². The fourth-order valence-electron chi connectivity index (χ4n) is 3.84. The Balaban J connectivity index is 0.00000261. The van der Waals surface area contributed by atoms with Gasteiger partial charge in [0.15, 0.2) is 5.96 Å². The highest BCUT2D eigenvalue weighted by Gasteiger charge is 2.59. The number of alkyl halides is 3. The number of nitrogens with two attached hydrogens (primary N) is 1. The van der Waals surface area contributed by atoms with Gasteiger partial charge in [0.2, 0.25) is 0 Å². The van der Waals surface area contributed by atoms with E-state index in [2.05, 4.69) is 15.0 Å². The average Bonchev–Trinajstić information content (AvgIpc) is 2.50. The standard InChI is InChI=1S/C18H24F3N3O2.HI/c1-2-25-15-10-14(17(15)8-3-9-17)24-16(22)23-11-12-4-6-13(7-5-12)26-18(19,20)21;/h4-7,14-15H,2-3,8-11H2,1H3,(H3,22,23,24);1H. The largest absolute Gasteiger partial charge is 0.573 e. The molecule has 152 valence electrons. The van der Waals surface area contributed by atoms with Gasteiger partial charge in [0.25, 0.3) is 0 Å². The first kappa shape index (κ1) is 22.1. The molecule has 2 aliphatic carbocycles. The van der Waals surface area contributed by atoms with Crippen LogP contribution >= 0.6 is 24.0 Å². The van der Waals surface area contributed by atoms with Gasteiger partial charge in [-0.1, -0.05) is 18.6 Å². The van der Waals surface area contributed by atoms with E-state index >= 15 is 0 Å². The summed E-state index contributed by atoms with van der Waals surface area (Å²) in [5, 5.41) is 3.28. The Morgan fingerprint density at radius 3 is 2.48 bits per heavy atom. The molecular formula is C18H25F3IN3O2. The predicted octanol–water partition coefficient (Wildman–Crippen LogP) is 3.96. The lowest BCUT2D eigenvalue weighted by molar-refractivity contribution is -0.274. The number of nitrogens with one attached hydrogen (secondary N) is 1. The minimum absolute atomic E-state index is 0. The summed E-state index contributed by atoms with van der Waals surface area (Å²) in [7, 11) is 0. The maximum absolute atomic E-state index is 12.2. The lowest BCUT2D eigenvalue weighted by Crippen LogP contribution is -2.68. The van der Waals surface area contributed by atoms with Gasteiger partial charge in [-0.05, 0) is 43.9 Å². The number of halogens is 4. The Bertz CT molecular complexity index is 648. The Labute approximate surface area is 173 Å². The van der Waals surface area contributed by atoms with Crippen molar-refractivity contribution in [2.45, 2.75) is 57.7 Å². The predicted molar refractivity (Wildman–Crippen MR) is 107 cm³/mol. The van der Waals surface area contributed by atoms with Crippen LogP contribution in [0, 0.1) is 5.41 Å². The number of ether oxygens (including phenoxy) is 2. The highest BCUT2D eigenvalue weighted by Crippen LogP contribution is 2.57. The molecule has 2 saturated carbocycles. The van der Waals surface area contributed by atoms with Crippen molar-refractivity contribution < 1.29 is 22.6 Å². The first-order valence-corrected chi connectivity index (χ1v) is 8.85. The van der Waals surface area contributed by atoms with E-state index in [0.717, 1.165) is 31.4 Å². The highest BCUT2D eigenvalue weighted by molar-refractivity contribution is 14.0. The molecule has 1 aromatic rings. The van der Waals surface area contributed by atoms with E-state index in [9.17, 15) is 13.2 Å². The summed E-state index contributed by atoms with van der Waals surface area (Å²) in [5.41, 5.74) is 6.93. The van der Waals surface area contributed by atoms with Crippen LogP contribution in [0.25, 0.3) is 0 Å². The van der Waals surface area contributed by atoms with Gasteiger partial charge < -0.3 is 20.5 Å². The molecule has 0 aliphatic heterocycles. The maximum atomic E-state index is 12.2. The molecule has 2 fully saturated rings. The molecule has 0 radical (unpaired) electrons. The molecule has 3 rings (SSSR count). The molecule has 0 heterocycles. The summed E-state index contributed by atoms with van der Waals surface area (Å²) >= 11 is 0. The lowest BCUT2D eigenvalue weighted by atomic mass is 9.51. The Hall–Kier alpha value is -1.23. The fourth-order valence-corrected chi connectivity index (χ4v) is 3.84.